The minimum absolute atomic E-state index is 0.132. The van der Waals surface area contributed by atoms with Gasteiger partial charge in [-0.05, 0) is 19.3 Å². The summed E-state index contributed by atoms with van der Waals surface area (Å²) in [5.41, 5.74) is 10.4. The summed E-state index contributed by atoms with van der Waals surface area (Å²) >= 11 is 0. The van der Waals surface area contributed by atoms with Crippen LogP contribution in [0.15, 0.2) is 0 Å². The fourth-order valence-electron chi connectivity index (χ4n) is 2.41. The number of nitrogens with zero attached hydrogens (tertiary/aromatic N) is 1. The minimum Gasteiger partial charge on any atom is -0.480 e. The van der Waals surface area contributed by atoms with Crippen molar-refractivity contribution in [2.45, 2.75) is 43.8 Å². The van der Waals surface area contributed by atoms with Gasteiger partial charge in [0, 0.05) is 13.0 Å². The maximum absolute atomic E-state index is 12.2. The van der Waals surface area contributed by atoms with E-state index < -0.39 is 48.4 Å². The van der Waals surface area contributed by atoms with Crippen LogP contribution >= 0.6 is 0 Å². The van der Waals surface area contributed by atoms with Crippen molar-refractivity contribution < 1.29 is 29.4 Å². The fraction of sp³-hybridized carbons (Fsp3) is 0.692. The molecule has 0 aromatic heterocycles. The van der Waals surface area contributed by atoms with Gasteiger partial charge in [0.1, 0.15) is 18.1 Å². The van der Waals surface area contributed by atoms with Crippen molar-refractivity contribution in [2.75, 3.05) is 13.2 Å². The Morgan fingerprint density at radius 2 is 1.96 bits per heavy atom. The molecule has 10 nitrogen and oxygen atoms in total. The third kappa shape index (κ3) is 5.18. The summed E-state index contributed by atoms with van der Waals surface area (Å²) in [6.07, 6.45) is 0.631. The van der Waals surface area contributed by atoms with Gasteiger partial charge in [-0.15, -0.1) is 0 Å². The summed E-state index contributed by atoms with van der Waals surface area (Å²) in [5, 5.41) is 20.3. The molecule has 7 N–H and O–H groups in total. The lowest BCUT2D eigenvalue weighted by Crippen LogP contribution is -2.54. The van der Waals surface area contributed by atoms with Gasteiger partial charge in [0.05, 0.1) is 6.61 Å². The highest BCUT2D eigenvalue weighted by Crippen LogP contribution is 2.18. The summed E-state index contributed by atoms with van der Waals surface area (Å²) in [4.78, 5) is 47.4. The number of nitrogens with one attached hydrogen (secondary N) is 1. The van der Waals surface area contributed by atoms with E-state index in [1.165, 1.54) is 4.90 Å². The quantitative estimate of drug-likeness (QED) is 0.317. The third-order valence-corrected chi connectivity index (χ3v) is 3.65. The Labute approximate surface area is 132 Å². The number of carboxylic acids is 1. The molecule has 1 heterocycles. The van der Waals surface area contributed by atoms with Crippen molar-refractivity contribution in [1.29, 1.82) is 0 Å². The number of primary amides is 1. The van der Waals surface area contributed by atoms with E-state index in [1.54, 1.807) is 0 Å². The van der Waals surface area contributed by atoms with Crippen LogP contribution in [0.25, 0.3) is 0 Å². The molecular weight excluding hydrogens is 308 g/mol. The highest BCUT2D eigenvalue weighted by molar-refractivity contribution is 5.92. The van der Waals surface area contributed by atoms with Crippen molar-refractivity contribution in [1.82, 2.24) is 10.2 Å². The summed E-state index contributed by atoms with van der Waals surface area (Å²) in [6.45, 7) is -0.232. The van der Waals surface area contributed by atoms with Crippen molar-refractivity contribution in [3.05, 3.63) is 0 Å². The van der Waals surface area contributed by atoms with Gasteiger partial charge in [-0.2, -0.15) is 0 Å². The second kappa shape index (κ2) is 8.44. The minimum atomic E-state index is -1.29. The average Bonchev–Trinajstić information content (AvgIpc) is 2.98. The standard InChI is InChI=1S/C13H22N4O6/c14-7(6-18)12(21)17-5-1-2-9(17)11(20)16-8(13(22)23)3-4-10(15)19/h7-9,18H,1-6,14H2,(H2,15,19)(H,16,20)(H,22,23). The number of carbonyl (C=O) groups is 4. The lowest BCUT2D eigenvalue weighted by Gasteiger charge is -2.27. The van der Waals surface area contributed by atoms with Gasteiger partial charge < -0.3 is 31.9 Å². The molecular formula is C13H22N4O6. The van der Waals surface area contributed by atoms with Gasteiger partial charge in [0.2, 0.25) is 17.7 Å². The van der Waals surface area contributed by atoms with Crippen LogP contribution in [0.2, 0.25) is 0 Å². The first kappa shape index (κ1) is 18.8. The molecule has 1 aliphatic heterocycles. The van der Waals surface area contributed by atoms with Crippen LogP contribution in [0.1, 0.15) is 25.7 Å². The number of aliphatic carboxylic acids is 1. The van der Waals surface area contributed by atoms with E-state index in [0.29, 0.717) is 19.4 Å². The number of carboxylic acid groups (broad SMARTS) is 1. The number of rotatable bonds is 8. The smallest absolute Gasteiger partial charge is 0.326 e. The Hall–Kier alpha value is -2.20. The Morgan fingerprint density at radius 1 is 1.30 bits per heavy atom. The molecule has 3 atom stereocenters. The van der Waals surface area contributed by atoms with Crippen LogP contribution in [0.4, 0.5) is 0 Å². The zero-order chi connectivity index (χ0) is 17.6. The van der Waals surface area contributed by atoms with Gasteiger partial charge in [-0.1, -0.05) is 0 Å². The molecule has 130 valence electrons. The number of hydrogen-bond acceptors (Lipinski definition) is 6. The summed E-state index contributed by atoms with van der Waals surface area (Å²) < 4.78 is 0. The zero-order valence-electron chi connectivity index (χ0n) is 12.6. The number of nitrogens with two attached hydrogens (primary N) is 2. The molecule has 10 heteroatoms. The van der Waals surface area contributed by atoms with Crippen LogP contribution in [-0.4, -0.2) is 70.1 Å². The Bertz CT molecular complexity index is 483. The molecule has 1 fully saturated rings. The van der Waals surface area contributed by atoms with E-state index in [4.69, 9.17) is 21.7 Å². The molecule has 3 unspecified atom stereocenters. The predicted molar refractivity (Wildman–Crippen MR) is 77.8 cm³/mol. The van der Waals surface area contributed by atoms with Crippen molar-refractivity contribution in [3.63, 3.8) is 0 Å². The summed E-state index contributed by atoms with van der Waals surface area (Å²) in [6, 6.07) is -3.22. The molecule has 23 heavy (non-hydrogen) atoms. The number of amides is 3. The SMILES string of the molecule is NC(=O)CCC(NC(=O)C1CCCN1C(=O)C(N)CO)C(=O)O. The summed E-state index contributed by atoms with van der Waals surface area (Å²) in [5.74, 6) is -3.15. The van der Waals surface area contributed by atoms with Gasteiger partial charge in [0.15, 0.2) is 0 Å². The molecule has 0 aliphatic carbocycles. The largest absolute Gasteiger partial charge is 0.480 e. The van der Waals surface area contributed by atoms with E-state index in [2.05, 4.69) is 5.32 Å². The number of hydrogen-bond donors (Lipinski definition) is 5. The molecule has 1 aliphatic rings. The number of aliphatic hydroxyl groups excluding tert-OH is 1. The maximum Gasteiger partial charge on any atom is 0.326 e. The Balaban J connectivity index is 2.71. The fourth-order valence-corrected chi connectivity index (χ4v) is 2.41. The van der Waals surface area contributed by atoms with E-state index >= 15 is 0 Å². The Morgan fingerprint density at radius 3 is 2.48 bits per heavy atom. The van der Waals surface area contributed by atoms with E-state index in [0.717, 1.165) is 0 Å². The van der Waals surface area contributed by atoms with E-state index in [-0.39, 0.29) is 12.8 Å². The zero-order valence-corrected chi connectivity index (χ0v) is 12.6. The number of likely N-dealkylation sites (tertiary alicyclic amines) is 1. The molecule has 0 aromatic rings. The van der Waals surface area contributed by atoms with Crippen molar-refractivity contribution in [3.8, 4) is 0 Å². The van der Waals surface area contributed by atoms with E-state index in [1.807, 2.05) is 0 Å². The highest BCUT2D eigenvalue weighted by atomic mass is 16.4. The van der Waals surface area contributed by atoms with Crippen LogP contribution in [-0.2, 0) is 19.2 Å². The normalized spacial score (nSPS) is 19.9. The van der Waals surface area contributed by atoms with Crippen LogP contribution in [0, 0.1) is 0 Å². The monoisotopic (exact) mass is 330 g/mol. The molecule has 0 aromatic carbocycles. The first-order chi connectivity index (χ1) is 10.8. The second-order valence-electron chi connectivity index (χ2n) is 5.38. The van der Waals surface area contributed by atoms with Gasteiger partial charge in [0.25, 0.3) is 0 Å². The average molecular weight is 330 g/mol. The van der Waals surface area contributed by atoms with E-state index in [9.17, 15) is 19.2 Å². The lowest BCUT2D eigenvalue weighted by molar-refractivity contribution is -0.144. The first-order valence-electron chi connectivity index (χ1n) is 7.26. The molecule has 0 saturated carbocycles. The Kier molecular flexibility index (Phi) is 6.91. The second-order valence-corrected chi connectivity index (χ2v) is 5.38. The first-order valence-corrected chi connectivity index (χ1v) is 7.26. The molecule has 1 rings (SSSR count). The van der Waals surface area contributed by atoms with Crippen LogP contribution in [0.3, 0.4) is 0 Å². The topological polar surface area (TPSA) is 176 Å². The third-order valence-electron chi connectivity index (χ3n) is 3.65. The van der Waals surface area contributed by atoms with Crippen LogP contribution in [0.5, 0.6) is 0 Å². The van der Waals surface area contributed by atoms with Gasteiger partial charge in [-0.25, -0.2) is 4.79 Å². The van der Waals surface area contributed by atoms with Crippen molar-refractivity contribution >= 4 is 23.7 Å². The van der Waals surface area contributed by atoms with Gasteiger partial charge >= 0.3 is 5.97 Å². The number of aliphatic hydroxyl groups is 1. The molecule has 1 saturated heterocycles. The lowest BCUT2D eigenvalue weighted by atomic mass is 10.1. The molecule has 0 radical (unpaired) electrons. The maximum atomic E-state index is 12.2. The molecule has 3 amide bonds. The molecule has 0 spiro atoms. The van der Waals surface area contributed by atoms with Gasteiger partial charge in [-0.3, -0.25) is 14.4 Å². The summed E-state index contributed by atoms with van der Waals surface area (Å²) in [7, 11) is 0. The predicted octanol–water partition coefficient (Wildman–Crippen LogP) is -2.87. The number of carbonyl (C=O) groups excluding carboxylic acids is 3. The van der Waals surface area contributed by atoms with Crippen LogP contribution < -0.4 is 16.8 Å². The molecule has 0 bridgehead atoms. The highest BCUT2D eigenvalue weighted by Gasteiger charge is 2.37. The van der Waals surface area contributed by atoms with Crippen molar-refractivity contribution in [2.24, 2.45) is 11.5 Å².